The van der Waals surface area contributed by atoms with E-state index in [9.17, 15) is 14.4 Å². The van der Waals surface area contributed by atoms with Gasteiger partial charge in [0.2, 0.25) is 0 Å². The van der Waals surface area contributed by atoms with Crippen molar-refractivity contribution in [3.63, 3.8) is 0 Å². The Balaban J connectivity index is 4.18. The van der Waals surface area contributed by atoms with Crippen molar-refractivity contribution in [3.8, 4) is 0 Å². The van der Waals surface area contributed by atoms with E-state index in [4.69, 9.17) is 15.3 Å². The van der Waals surface area contributed by atoms with Crippen molar-refractivity contribution in [3.05, 3.63) is 0 Å². The third-order valence-corrected chi connectivity index (χ3v) is 2.78. The first kappa shape index (κ1) is 19.3. The topological polar surface area (TPSA) is 130 Å². The molecule has 0 aliphatic rings. The predicted molar refractivity (Wildman–Crippen MR) is 74.3 cm³/mol. The maximum Gasteiger partial charge on any atom is 0.317 e. The Kier molecular flexibility index (Phi) is 10.1. The van der Waals surface area contributed by atoms with E-state index in [0.717, 1.165) is 0 Å². The van der Waals surface area contributed by atoms with Crippen LogP contribution in [0.3, 0.4) is 0 Å². The summed E-state index contributed by atoms with van der Waals surface area (Å²) in [4.78, 5) is 35.1. The number of hydrogen-bond acceptors (Lipinski definition) is 6. The van der Waals surface area contributed by atoms with Gasteiger partial charge in [0.1, 0.15) is 0 Å². The molecule has 0 saturated heterocycles. The van der Waals surface area contributed by atoms with E-state index in [1.807, 2.05) is 6.92 Å². The Hall–Kier alpha value is -1.71. The second kappa shape index (κ2) is 11.0. The van der Waals surface area contributed by atoms with Gasteiger partial charge in [0.05, 0.1) is 19.6 Å². The van der Waals surface area contributed by atoms with Crippen molar-refractivity contribution < 1.29 is 29.7 Å². The number of aliphatic carboxylic acids is 3. The molecular formula is C12H23N3O6. The fourth-order valence-corrected chi connectivity index (χ4v) is 1.72. The first-order valence-corrected chi connectivity index (χ1v) is 6.66. The first-order chi connectivity index (χ1) is 9.85. The fourth-order valence-electron chi connectivity index (χ4n) is 1.72. The summed E-state index contributed by atoms with van der Waals surface area (Å²) in [6.07, 6.45) is 0. The molecule has 0 aromatic rings. The maximum atomic E-state index is 10.8. The minimum absolute atomic E-state index is 0.0886. The molecular weight excluding hydrogens is 282 g/mol. The molecule has 0 atom stereocenters. The summed E-state index contributed by atoms with van der Waals surface area (Å²) in [7, 11) is 0. The molecule has 0 aliphatic carbocycles. The molecule has 9 heteroatoms. The lowest BCUT2D eigenvalue weighted by atomic mass is 10.4. The number of likely N-dealkylation sites (N-methyl/N-ethyl adjacent to an activating group) is 1. The molecule has 9 nitrogen and oxygen atoms in total. The molecule has 0 aliphatic heterocycles. The molecule has 0 aromatic heterocycles. The first-order valence-electron chi connectivity index (χ1n) is 6.66. The zero-order chi connectivity index (χ0) is 16.3. The molecule has 0 unspecified atom stereocenters. The van der Waals surface area contributed by atoms with Crippen LogP contribution in [0.15, 0.2) is 0 Å². The average molecular weight is 305 g/mol. The molecule has 4 N–H and O–H groups in total. The Morgan fingerprint density at radius 2 is 1.38 bits per heavy atom. The Morgan fingerprint density at radius 1 is 0.857 bits per heavy atom. The van der Waals surface area contributed by atoms with Gasteiger partial charge in [0, 0.05) is 26.2 Å². The van der Waals surface area contributed by atoms with Crippen LogP contribution in [0.2, 0.25) is 0 Å². The zero-order valence-electron chi connectivity index (χ0n) is 12.1. The Morgan fingerprint density at radius 3 is 1.86 bits per heavy atom. The van der Waals surface area contributed by atoms with Gasteiger partial charge >= 0.3 is 17.9 Å². The predicted octanol–water partition coefficient (Wildman–Crippen LogP) is -1.55. The second-order valence-electron chi connectivity index (χ2n) is 4.50. The molecule has 0 aromatic carbocycles. The van der Waals surface area contributed by atoms with Gasteiger partial charge in [-0.3, -0.25) is 24.2 Å². The minimum Gasteiger partial charge on any atom is -0.480 e. The highest BCUT2D eigenvalue weighted by atomic mass is 16.4. The Bertz CT molecular complexity index is 350. The maximum absolute atomic E-state index is 10.8. The van der Waals surface area contributed by atoms with Crippen molar-refractivity contribution in [1.82, 2.24) is 15.1 Å². The van der Waals surface area contributed by atoms with Gasteiger partial charge in [-0.25, -0.2) is 0 Å². The highest BCUT2D eigenvalue weighted by Gasteiger charge is 2.13. The van der Waals surface area contributed by atoms with Crippen LogP contribution in [0.25, 0.3) is 0 Å². The number of carbonyl (C=O) groups is 3. The summed E-state index contributed by atoms with van der Waals surface area (Å²) in [6.45, 7) is 3.53. The van der Waals surface area contributed by atoms with E-state index in [2.05, 4.69) is 5.32 Å². The van der Waals surface area contributed by atoms with Crippen LogP contribution < -0.4 is 5.32 Å². The fraction of sp³-hybridized carbons (Fsp3) is 0.750. The molecule has 122 valence electrons. The number of hydrogen-bond donors (Lipinski definition) is 4. The van der Waals surface area contributed by atoms with Gasteiger partial charge < -0.3 is 20.6 Å². The van der Waals surface area contributed by atoms with E-state index in [0.29, 0.717) is 32.7 Å². The van der Waals surface area contributed by atoms with E-state index in [1.54, 1.807) is 9.80 Å². The van der Waals surface area contributed by atoms with Crippen LogP contribution in [-0.4, -0.2) is 95.4 Å². The van der Waals surface area contributed by atoms with E-state index in [1.165, 1.54) is 0 Å². The van der Waals surface area contributed by atoms with Gasteiger partial charge in [0.25, 0.3) is 0 Å². The largest absolute Gasteiger partial charge is 0.480 e. The van der Waals surface area contributed by atoms with E-state index < -0.39 is 17.9 Å². The molecule has 0 heterocycles. The third-order valence-electron chi connectivity index (χ3n) is 2.78. The van der Waals surface area contributed by atoms with Crippen LogP contribution in [0, 0.1) is 0 Å². The summed E-state index contributed by atoms with van der Waals surface area (Å²) in [5.74, 6) is -2.88. The lowest BCUT2D eigenvalue weighted by molar-refractivity contribution is -0.140. The normalized spacial score (nSPS) is 11.0. The summed E-state index contributed by atoms with van der Waals surface area (Å²) >= 11 is 0. The highest BCUT2D eigenvalue weighted by molar-refractivity contribution is 5.69. The third kappa shape index (κ3) is 11.8. The molecule has 0 bridgehead atoms. The molecule has 0 radical (unpaired) electrons. The number of carboxylic acids is 3. The monoisotopic (exact) mass is 305 g/mol. The van der Waals surface area contributed by atoms with Crippen molar-refractivity contribution in [2.75, 3.05) is 52.4 Å². The van der Waals surface area contributed by atoms with Crippen molar-refractivity contribution >= 4 is 17.9 Å². The molecule has 0 saturated carbocycles. The number of rotatable bonds is 13. The van der Waals surface area contributed by atoms with Crippen LogP contribution in [-0.2, 0) is 14.4 Å². The second-order valence-corrected chi connectivity index (χ2v) is 4.50. The highest BCUT2D eigenvalue weighted by Crippen LogP contribution is 1.93. The molecule has 21 heavy (non-hydrogen) atoms. The van der Waals surface area contributed by atoms with E-state index >= 15 is 0 Å². The Labute approximate surface area is 123 Å². The number of carboxylic acid groups (broad SMARTS) is 3. The lowest BCUT2D eigenvalue weighted by Crippen LogP contribution is -2.42. The lowest BCUT2D eigenvalue weighted by Gasteiger charge is -2.24. The van der Waals surface area contributed by atoms with Crippen LogP contribution >= 0.6 is 0 Å². The summed E-state index contributed by atoms with van der Waals surface area (Å²) in [5, 5.41) is 28.7. The van der Waals surface area contributed by atoms with Gasteiger partial charge in [-0.05, 0) is 6.54 Å². The smallest absolute Gasteiger partial charge is 0.317 e. The van der Waals surface area contributed by atoms with Crippen LogP contribution in [0.4, 0.5) is 0 Å². The van der Waals surface area contributed by atoms with Gasteiger partial charge in [0.15, 0.2) is 0 Å². The van der Waals surface area contributed by atoms with Gasteiger partial charge in [-0.1, -0.05) is 6.92 Å². The van der Waals surface area contributed by atoms with Gasteiger partial charge in [-0.2, -0.15) is 0 Å². The zero-order valence-corrected chi connectivity index (χ0v) is 12.1. The quantitative estimate of drug-likeness (QED) is 0.299. The molecule has 0 amide bonds. The molecule has 0 rings (SSSR count). The summed E-state index contributed by atoms with van der Waals surface area (Å²) in [5.41, 5.74) is 0. The summed E-state index contributed by atoms with van der Waals surface area (Å²) in [6, 6.07) is 0. The minimum atomic E-state index is -0.977. The van der Waals surface area contributed by atoms with Crippen LogP contribution in [0.5, 0.6) is 0 Å². The molecule has 0 spiro atoms. The summed E-state index contributed by atoms with van der Waals surface area (Å²) < 4.78 is 0. The van der Waals surface area contributed by atoms with Crippen molar-refractivity contribution in [2.45, 2.75) is 6.92 Å². The average Bonchev–Trinajstić information content (AvgIpc) is 2.37. The van der Waals surface area contributed by atoms with Crippen molar-refractivity contribution in [1.29, 1.82) is 0 Å². The standard InChI is InChI=1S/C12H23N3O6/c1-2-14(8-11(18)19)5-6-15(9-12(20)21)4-3-13-7-10(16)17/h13H,2-9H2,1H3,(H,16,17)(H,18,19)(H,20,21). The number of nitrogens with one attached hydrogen (secondary N) is 1. The molecule has 0 fully saturated rings. The number of nitrogens with zero attached hydrogens (tertiary/aromatic N) is 2. The SMILES string of the molecule is CCN(CCN(CCNCC(=O)O)CC(=O)O)CC(=O)O. The van der Waals surface area contributed by atoms with E-state index in [-0.39, 0.29) is 19.6 Å². The van der Waals surface area contributed by atoms with Crippen LogP contribution in [0.1, 0.15) is 6.92 Å². The van der Waals surface area contributed by atoms with Gasteiger partial charge in [-0.15, -0.1) is 0 Å². The van der Waals surface area contributed by atoms with Crippen molar-refractivity contribution in [2.24, 2.45) is 0 Å².